The van der Waals surface area contributed by atoms with Crippen LogP contribution in [0.2, 0.25) is 0 Å². The molecule has 2 N–H and O–H groups in total. The molecule has 0 fully saturated rings. The van der Waals surface area contributed by atoms with Crippen LogP contribution in [0.1, 0.15) is 11.9 Å². The zero-order valence-corrected chi connectivity index (χ0v) is 11.6. The zero-order chi connectivity index (χ0) is 14.5. The molecule has 0 radical (unpaired) electrons. The van der Waals surface area contributed by atoms with Crippen LogP contribution in [-0.2, 0) is 0 Å². The molecule has 0 aliphatic rings. The lowest BCUT2D eigenvalue weighted by molar-refractivity contribution is 0.185. The number of benzene rings is 2. The third kappa shape index (κ3) is 2.98. The Morgan fingerprint density at radius 1 is 0.905 bits per heavy atom. The van der Waals surface area contributed by atoms with Crippen LogP contribution in [0, 0.1) is 0 Å². The Hall–Kier alpha value is -2.52. The van der Waals surface area contributed by atoms with Gasteiger partial charge in [0.25, 0.3) is 0 Å². The number of furan rings is 1. The van der Waals surface area contributed by atoms with E-state index in [2.05, 4.69) is 12.1 Å². The van der Waals surface area contributed by atoms with Crippen LogP contribution in [0.3, 0.4) is 0 Å². The zero-order valence-electron chi connectivity index (χ0n) is 11.6. The molecule has 106 valence electrons. The van der Waals surface area contributed by atoms with Crippen molar-refractivity contribution in [2.24, 2.45) is 5.73 Å². The van der Waals surface area contributed by atoms with E-state index in [9.17, 15) is 0 Å². The van der Waals surface area contributed by atoms with Crippen molar-refractivity contribution < 1.29 is 9.15 Å². The molecule has 1 aromatic heterocycles. The summed E-state index contributed by atoms with van der Waals surface area (Å²) < 4.78 is 11.5. The van der Waals surface area contributed by atoms with Crippen LogP contribution < -0.4 is 10.5 Å². The SMILES string of the molecule is NCC(Oc1ccccc1-c1ccccc1)c1ccco1. The fourth-order valence-electron chi connectivity index (χ4n) is 2.28. The average molecular weight is 279 g/mol. The van der Waals surface area contributed by atoms with E-state index >= 15 is 0 Å². The minimum absolute atomic E-state index is 0.287. The molecular weight excluding hydrogens is 262 g/mol. The Morgan fingerprint density at radius 2 is 1.67 bits per heavy atom. The van der Waals surface area contributed by atoms with Gasteiger partial charge in [-0.2, -0.15) is 0 Å². The maximum absolute atomic E-state index is 6.07. The van der Waals surface area contributed by atoms with Crippen LogP contribution in [0.4, 0.5) is 0 Å². The van der Waals surface area contributed by atoms with Crippen molar-refractivity contribution in [1.82, 2.24) is 0 Å². The molecule has 0 aliphatic heterocycles. The first kappa shape index (κ1) is 13.5. The van der Waals surface area contributed by atoms with Gasteiger partial charge in [0.05, 0.1) is 6.26 Å². The highest BCUT2D eigenvalue weighted by molar-refractivity contribution is 5.70. The second-order valence-electron chi connectivity index (χ2n) is 4.72. The third-order valence-electron chi connectivity index (χ3n) is 3.32. The summed E-state index contributed by atoms with van der Waals surface area (Å²) in [6, 6.07) is 21.8. The van der Waals surface area contributed by atoms with Gasteiger partial charge in [0.1, 0.15) is 11.5 Å². The number of ether oxygens (including phenoxy) is 1. The molecule has 3 heteroatoms. The largest absolute Gasteiger partial charge is 0.480 e. The molecule has 0 amide bonds. The van der Waals surface area contributed by atoms with Crippen molar-refractivity contribution >= 4 is 0 Å². The lowest BCUT2D eigenvalue weighted by atomic mass is 10.0. The predicted molar refractivity (Wildman–Crippen MR) is 83.0 cm³/mol. The monoisotopic (exact) mass is 279 g/mol. The first-order valence-corrected chi connectivity index (χ1v) is 6.93. The van der Waals surface area contributed by atoms with Gasteiger partial charge in [0.2, 0.25) is 0 Å². The normalized spacial score (nSPS) is 12.0. The quantitative estimate of drug-likeness (QED) is 0.767. The summed E-state index contributed by atoms with van der Waals surface area (Å²) in [7, 11) is 0. The second-order valence-corrected chi connectivity index (χ2v) is 4.72. The van der Waals surface area contributed by atoms with Gasteiger partial charge in [-0.1, -0.05) is 48.5 Å². The summed E-state index contributed by atoms with van der Waals surface area (Å²) >= 11 is 0. The lowest BCUT2D eigenvalue weighted by Gasteiger charge is -2.18. The Labute approximate surface area is 124 Å². The van der Waals surface area contributed by atoms with E-state index in [-0.39, 0.29) is 6.10 Å². The van der Waals surface area contributed by atoms with E-state index < -0.39 is 0 Å². The number of rotatable bonds is 5. The summed E-state index contributed by atoms with van der Waals surface area (Å²) in [6.45, 7) is 0.358. The molecule has 21 heavy (non-hydrogen) atoms. The third-order valence-corrected chi connectivity index (χ3v) is 3.32. The van der Waals surface area contributed by atoms with Crippen molar-refractivity contribution in [3.8, 4) is 16.9 Å². The van der Waals surface area contributed by atoms with Crippen molar-refractivity contribution in [2.75, 3.05) is 6.54 Å². The fraction of sp³-hybridized carbons (Fsp3) is 0.111. The van der Waals surface area contributed by atoms with Crippen LogP contribution in [0.25, 0.3) is 11.1 Å². The number of hydrogen-bond donors (Lipinski definition) is 1. The highest BCUT2D eigenvalue weighted by atomic mass is 16.5. The summed E-state index contributed by atoms with van der Waals surface area (Å²) in [5.41, 5.74) is 7.97. The molecule has 0 saturated carbocycles. The Morgan fingerprint density at radius 3 is 2.38 bits per heavy atom. The van der Waals surface area contributed by atoms with Crippen molar-refractivity contribution in [3.63, 3.8) is 0 Å². The highest BCUT2D eigenvalue weighted by Crippen LogP contribution is 2.32. The van der Waals surface area contributed by atoms with Gasteiger partial charge in [-0.3, -0.25) is 0 Å². The van der Waals surface area contributed by atoms with Gasteiger partial charge in [0, 0.05) is 12.1 Å². The van der Waals surface area contributed by atoms with Gasteiger partial charge in [0.15, 0.2) is 6.10 Å². The van der Waals surface area contributed by atoms with Crippen LogP contribution >= 0.6 is 0 Å². The van der Waals surface area contributed by atoms with Crippen LogP contribution in [0.5, 0.6) is 5.75 Å². The van der Waals surface area contributed by atoms with Crippen LogP contribution in [-0.4, -0.2) is 6.54 Å². The first-order valence-electron chi connectivity index (χ1n) is 6.93. The minimum Gasteiger partial charge on any atom is -0.480 e. The second kappa shape index (κ2) is 6.29. The topological polar surface area (TPSA) is 48.4 Å². The molecular formula is C18H17NO2. The molecule has 3 rings (SSSR count). The summed E-state index contributed by atoms with van der Waals surface area (Å²) in [4.78, 5) is 0. The van der Waals surface area contributed by atoms with Crippen molar-refractivity contribution in [3.05, 3.63) is 78.8 Å². The number of para-hydroxylation sites is 1. The maximum atomic E-state index is 6.07. The fourth-order valence-corrected chi connectivity index (χ4v) is 2.28. The van der Waals surface area contributed by atoms with Gasteiger partial charge in [-0.25, -0.2) is 0 Å². The standard InChI is InChI=1S/C18H17NO2/c19-13-18(17-11-6-12-20-17)21-16-10-5-4-9-15(16)14-7-2-1-3-8-14/h1-12,18H,13,19H2. The molecule has 2 aromatic carbocycles. The Kier molecular flexibility index (Phi) is 4.03. The van der Waals surface area contributed by atoms with Crippen LogP contribution in [0.15, 0.2) is 77.4 Å². The smallest absolute Gasteiger partial charge is 0.168 e. The molecule has 1 atom stereocenters. The molecule has 1 unspecified atom stereocenters. The Bertz CT molecular complexity index is 677. The molecule has 3 nitrogen and oxygen atoms in total. The van der Waals surface area contributed by atoms with E-state index in [1.54, 1.807) is 6.26 Å². The first-order chi connectivity index (χ1) is 10.4. The summed E-state index contributed by atoms with van der Waals surface area (Å²) in [6.07, 6.45) is 1.34. The molecule has 1 heterocycles. The maximum Gasteiger partial charge on any atom is 0.168 e. The molecule has 0 spiro atoms. The number of hydrogen-bond acceptors (Lipinski definition) is 3. The van der Waals surface area contributed by atoms with Gasteiger partial charge < -0.3 is 14.9 Å². The van der Waals surface area contributed by atoms with Gasteiger partial charge in [-0.15, -0.1) is 0 Å². The number of nitrogens with two attached hydrogens (primary N) is 1. The van der Waals surface area contributed by atoms with E-state index in [1.807, 2.05) is 54.6 Å². The summed E-state index contributed by atoms with van der Waals surface area (Å²) in [5, 5.41) is 0. The lowest BCUT2D eigenvalue weighted by Crippen LogP contribution is -2.18. The highest BCUT2D eigenvalue weighted by Gasteiger charge is 2.16. The summed E-state index contributed by atoms with van der Waals surface area (Å²) in [5.74, 6) is 1.54. The van der Waals surface area contributed by atoms with Gasteiger partial charge >= 0.3 is 0 Å². The minimum atomic E-state index is -0.287. The predicted octanol–water partition coefficient (Wildman–Crippen LogP) is 4.03. The van der Waals surface area contributed by atoms with Crippen molar-refractivity contribution in [1.29, 1.82) is 0 Å². The van der Waals surface area contributed by atoms with E-state index in [1.165, 1.54) is 0 Å². The Balaban J connectivity index is 1.92. The van der Waals surface area contributed by atoms with E-state index in [0.717, 1.165) is 22.6 Å². The van der Waals surface area contributed by atoms with E-state index in [4.69, 9.17) is 14.9 Å². The van der Waals surface area contributed by atoms with E-state index in [0.29, 0.717) is 6.54 Å². The van der Waals surface area contributed by atoms with Crippen molar-refractivity contribution in [2.45, 2.75) is 6.10 Å². The molecule has 3 aromatic rings. The molecule has 0 saturated heterocycles. The average Bonchev–Trinajstić information content (AvgIpc) is 3.08. The molecule has 0 bridgehead atoms. The van der Waals surface area contributed by atoms with Gasteiger partial charge in [-0.05, 0) is 23.8 Å². The molecule has 0 aliphatic carbocycles.